The van der Waals surface area contributed by atoms with Crippen molar-refractivity contribution in [2.75, 3.05) is 31.1 Å². The highest BCUT2D eigenvalue weighted by molar-refractivity contribution is 5.81. The van der Waals surface area contributed by atoms with Crippen LogP contribution in [0.5, 0.6) is 0 Å². The summed E-state index contributed by atoms with van der Waals surface area (Å²) in [4.78, 5) is 18.7. The Hall–Kier alpha value is -2.40. The van der Waals surface area contributed by atoms with E-state index in [4.69, 9.17) is 0 Å². The van der Waals surface area contributed by atoms with E-state index in [2.05, 4.69) is 20.5 Å². The maximum atomic E-state index is 12.4. The molecule has 0 aliphatic carbocycles. The fourth-order valence-corrected chi connectivity index (χ4v) is 3.20. The van der Waals surface area contributed by atoms with E-state index in [1.807, 2.05) is 48.7 Å². The highest BCUT2D eigenvalue weighted by Crippen LogP contribution is 2.16. The molecule has 1 aromatic heterocycles. The van der Waals surface area contributed by atoms with Crippen LogP contribution in [0.3, 0.4) is 0 Å². The normalized spacial score (nSPS) is 16.6. The lowest BCUT2D eigenvalue weighted by molar-refractivity contribution is -0.119. The number of benzene rings is 1. The van der Waals surface area contributed by atoms with Crippen LogP contribution in [0, 0.1) is 5.92 Å². The molecule has 1 aromatic carbocycles. The van der Waals surface area contributed by atoms with Gasteiger partial charge in [-0.3, -0.25) is 9.78 Å². The van der Waals surface area contributed by atoms with Gasteiger partial charge in [-0.1, -0.05) is 24.3 Å². The summed E-state index contributed by atoms with van der Waals surface area (Å²) < 4.78 is 0. The van der Waals surface area contributed by atoms with E-state index in [0.717, 1.165) is 37.3 Å². The predicted molar refractivity (Wildman–Crippen MR) is 100 cm³/mol. The van der Waals surface area contributed by atoms with Gasteiger partial charge in [0.25, 0.3) is 0 Å². The van der Waals surface area contributed by atoms with Gasteiger partial charge in [-0.05, 0) is 55.6 Å². The van der Waals surface area contributed by atoms with Crippen LogP contribution in [0.15, 0.2) is 54.9 Å². The number of hydrogen-bond donors (Lipinski definition) is 2. The van der Waals surface area contributed by atoms with Crippen LogP contribution in [0.2, 0.25) is 0 Å². The number of para-hydroxylation sites is 1. The zero-order valence-electron chi connectivity index (χ0n) is 14.5. The van der Waals surface area contributed by atoms with Crippen molar-refractivity contribution in [2.24, 2.45) is 5.92 Å². The molecular formula is C20H26N4O. The zero-order chi connectivity index (χ0) is 17.3. The van der Waals surface area contributed by atoms with Crippen LogP contribution < -0.4 is 15.5 Å². The average molecular weight is 338 g/mol. The van der Waals surface area contributed by atoms with Crippen molar-refractivity contribution in [3.63, 3.8) is 0 Å². The molecule has 5 heteroatoms. The van der Waals surface area contributed by atoms with E-state index in [1.165, 1.54) is 6.42 Å². The Balaban J connectivity index is 1.56. The molecule has 25 heavy (non-hydrogen) atoms. The Labute approximate surface area is 149 Å². The molecule has 0 bridgehead atoms. The summed E-state index contributed by atoms with van der Waals surface area (Å²) in [7, 11) is 0. The topological polar surface area (TPSA) is 57.3 Å². The number of pyridine rings is 1. The van der Waals surface area contributed by atoms with Gasteiger partial charge in [-0.15, -0.1) is 0 Å². The third-order valence-electron chi connectivity index (χ3n) is 4.59. The Morgan fingerprint density at radius 1 is 1.24 bits per heavy atom. The van der Waals surface area contributed by atoms with Crippen LogP contribution in [0.1, 0.15) is 18.4 Å². The predicted octanol–water partition coefficient (Wildman–Crippen LogP) is 2.20. The van der Waals surface area contributed by atoms with Gasteiger partial charge < -0.3 is 15.5 Å². The highest BCUT2D eigenvalue weighted by Gasteiger charge is 2.15. The second-order valence-electron chi connectivity index (χ2n) is 6.55. The van der Waals surface area contributed by atoms with Gasteiger partial charge in [-0.25, -0.2) is 0 Å². The summed E-state index contributed by atoms with van der Waals surface area (Å²) in [6.07, 6.45) is 5.88. The SMILES string of the molecule is O=C(CN(Cc1cccnc1)c1ccccc1)NCCC1CCNC1. The maximum Gasteiger partial charge on any atom is 0.239 e. The first kappa shape index (κ1) is 17.4. The van der Waals surface area contributed by atoms with E-state index in [1.54, 1.807) is 6.20 Å². The number of carbonyl (C=O) groups is 1. The molecule has 1 saturated heterocycles. The Kier molecular flexibility index (Phi) is 6.40. The quantitative estimate of drug-likeness (QED) is 0.775. The molecule has 1 atom stereocenters. The zero-order valence-corrected chi connectivity index (χ0v) is 14.5. The maximum absolute atomic E-state index is 12.4. The lowest BCUT2D eigenvalue weighted by Crippen LogP contribution is -2.37. The first-order valence-electron chi connectivity index (χ1n) is 8.97. The molecule has 0 spiro atoms. The number of amides is 1. The molecule has 132 valence electrons. The number of anilines is 1. The third-order valence-corrected chi connectivity index (χ3v) is 4.59. The molecule has 0 saturated carbocycles. The van der Waals surface area contributed by atoms with Crippen molar-refractivity contribution < 1.29 is 4.79 Å². The number of aromatic nitrogens is 1. The minimum Gasteiger partial charge on any atom is -0.358 e. The molecular weight excluding hydrogens is 312 g/mol. The second-order valence-corrected chi connectivity index (χ2v) is 6.55. The largest absolute Gasteiger partial charge is 0.358 e. The molecule has 3 rings (SSSR count). The molecule has 1 unspecified atom stereocenters. The number of hydrogen-bond acceptors (Lipinski definition) is 4. The molecule has 5 nitrogen and oxygen atoms in total. The fraction of sp³-hybridized carbons (Fsp3) is 0.400. The van der Waals surface area contributed by atoms with E-state index in [-0.39, 0.29) is 5.91 Å². The molecule has 0 radical (unpaired) electrons. The summed E-state index contributed by atoms with van der Waals surface area (Å²) >= 11 is 0. The van der Waals surface area contributed by atoms with Crippen LogP contribution >= 0.6 is 0 Å². The molecule has 2 N–H and O–H groups in total. The lowest BCUT2D eigenvalue weighted by Gasteiger charge is -2.24. The first-order valence-corrected chi connectivity index (χ1v) is 8.97. The van der Waals surface area contributed by atoms with E-state index in [0.29, 0.717) is 19.0 Å². The standard InChI is InChI=1S/C20H26N4O/c25-20(23-12-9-17-8-11-22-13-17)16-24(19-6-2-1-3-7-19)15-18-5-4-10-21-14-18/h1-7,10,14,17,22H,8-9,11-13,15-16H2,(H,23,25). The van der Waals surface area contributed by atoms with Crippen molar-refractivity contribution in [1.29, 1.82) is 0 Å². The van der Waals surface area contributed by atoms with Gasteiger partial charge in [0.1, 0.15) is 0 Å². The molecule has 1 amide bonds. The van der Waals surface area contributed by atoms with Crippen LogP contribution in [-0.2, 0) is 11.3 Å². The summed E-state index contributed by atoms with van der Waals surface area (Å²) in [6.45, 7) is 3.94. The van der Waals surface area contributed by atoms with Crippen molar-refractivity contribution in [3.05, 3.63) is 60.4 Å². The van der Waals surface area contributed by atoms with Crippen molar-refractivity contribution in [1.82, 2.24) is 15.6 Å². The summed E-state index contributed by atoms with van der Waals surface area (Å²) in [5.41, 5.74) is 2.14. The number of nitrogens with zero attached hydrogens (tertiary/aromatic N) is 2. The Bertz CT molecular complexity index is 641. The fourth-order valence-electron chi connectivity index (χ4n) is 3.20. The van der Waals surface area contributed by atoms with Crippen molar-refractivity contribution >= 4 is 11.6 Å². The van der Waals surface area contributed by atoms with Crippen LogP contribution in [-0.4, -0.2) is 37.1 Å². The summed E-state index contributed by atoms with van der Waals surface area (Å²) in [5.74, 6) is 0.764. The van der Waals surface area contributed by atoms with Gasteiger partial charge in [0.15, 0.2) is 0 Å². The number of nitrogens with one attached hydrogen (secondary N) is 2. The van der Waals surface area contributed by atoms with Crippen LogP contribution in [0.4, 0.5) is 5.69 Å². The second kappa shape index (κ2) is 9.18. The lowest BCUT2D eigenvalue weighted by atomic mass is 10.1. The monoisotopic (exact) mass is 338 g/mol. The number of rotatable bonds is 8. The molecule has 2 aromatic rings. The summed E-state index contributed by atoms with van der Waals surface area (Å²) in [5, 5.41) is 6.44. The minimum atomic E-state index is 0.0682. The Morgan fingerprint density at radius 2 is 2.12 bits per heavy atom. The van der Waals surface area contributed by atoms with Gasteiger partial charge in [0, 0.05) is 31.2 Å². The smallest absolute Gasteiger partial charge is 0.239 e. The van der Waals surface area contributed by atoms with Gasteiger partial charge in [0.05, 0.1) is 6.54 Å². The molecule has 1 aliphatic rings. The third kappa shape index (κ3) is 5.57. The molecule has 1 fully saturated rings. The van der Waals surface area contributed by atoms with Crippen molar-refractivity contribution in [3.8, 4) is 0 Å². The van der Waals surface area contributed by atoms with Gasteiger partial charge in [0.2, 0.25) is 5.91 Å². The first-order chi connectivity index (χ1) is 12.3. The van der Waals surface area contributed by atoms with E-state index < -0.39 is 0 Å². The molecule has 1 aliphatic heterocycles. The van der Waals surface area contributed by atoms with Gasteiger partial charge in [-0.2, -0.15) is 0 Å². The Morgan fingerprint density at radius 3 is 2.84 bits per heavy atom. The van der Waals surface area contributed by atoms with E-state index >= 15 is 0 Å². The minimum absolute atomic E-state index is 0.0682. The molecule has 2 heterocycles. The van der Waals surface area contributed by atoms with Crippen molar-refractivity contribution in [2.45, 2.75) is 19.4 Å². The number of carbonyl (C=O) groups excluding carboxylic acids is 1. The van der Waals surface area contributed by atoms with Gasteiger partial charge >= 0.3 is 0 Å². The van der Waals surface area contributed by atoms with Crippen LogP contribution in [0.25, 0.3) is 0 Å². The van der Waals surface area contributed by atoms with E-state index in [9.17, 15) is 4.79 Å². The highest BCUT2D eigenvalue weighted by atomic mass is 16.2. The average Bonchev–Trinajstić information content (AvgIpc) is 3.16. The summed E-state index contributed by atoms with van der Waals surface area (Å²) in [6, 6.07) is 14.0.